The highest BCUT2D eigenvalue weighted by Gasteiger charge is 2.35. The third-order valence-corrected chi connectivity index (χ3v) is 5.34. The fraction of sp³-hybridized carbons (Fsp3) is 0.409. The Bertz CT molecular complexity index is 798. The van der Waals surface area contributed by atoms with Crippen LogP contribution in [0.4, 0.5) is 28.0 Å². The van der Waals surface area contributed by atoms with Gasteiger partial charge in [-0.15, -0.1) is 0 Å². The second kappa shape index (κ2) is 8.84. The second-order valence-corrected chi connectivity index (χ2v) is 7.48. The van der Waals surface area contributed by atoms with Gasteiger partial charge in [-0.2, -0.15) is 13.2 Å². The first-order valence-electron chi connectivity index (χ1n) is 9.71. The van der Waals surface area contributed by atoms with Gasteiger partial charge in [-0.25, -0.2) is 9.18 Å². The Morgan fingerprint density at radius 1 is 1.00 bits per heavy atom. The van der Waals surface area contributed by atoms with E-state index in [1.165, 1.54) is 22.6 Å². The Hall–Kier alpha value is -2.57. The lowest BCUT2D eigenvalue weighted by atomic mass is 9.87. The number of urea groups is 1. The highest BCUT2D eigenvalue weighted by molar-refractivity contribution is 5.89. The van der Waals surface area contributed by atoms with Gasteiger partial charge >= 0.3 is 12.2 Å². The molecule has 1 N–H and O–H groups in total. The number of benzene rings is 2. The molecule has 0 radical (unpaired) electrons. The van der Waals surface area contributed by atoms with E-state index in [1.54, 1.807) is 0 Å². The third-order valence-electron chi connectivity index (χ3n) is 5.34. The number of piperidine rings is 1. The number of alkyl halides is 4. The van der Waals surface area contributed by atoms with Gasteiger partial charge in [0.1, 0.15) is 5.67 Å². The molecule has 0 saturated carbocycles. The van der Waals surface area contributed by atoms with E-state index in [4.69, 9.17) is 0 Å². The van der Waals surface area contributed by atoms with E-state index in [0.29, 0.717) is 6.42 Å². The summed E-state index contributed by atoms with van der Waals surface area (Å²) in [4.78, 5) is 13.8. The van der Waals surface area contributed by atoms with Crippen molar-refractivity contribution in [2.45, 2.75) is 43.9 Å². The molecule has 29 heavy (non-hydrogen) atoms. The zero-order valence-electron chi connectivity index (χ0n) is 16.0. The van der Waals surface area contributed by atoms with E-state index in [1.807, 2.05) is 30.3 Å². The number of hydrogen-bond acceptors (Lipinski definition) is 1. The summed E-state index contributed by atoms with van der Waals surface area (Å²) in [5.41, 5.74) is -0.585. The first kappa shape index (κ1) is 21.1. The van der Waals surface area contributed by atoms with Gasteiger partial charge in [0.15, 0.2) is 0 Å². The highest BCUT2D eigenvalue weighted by Crippen LogP contribution is 2.32. The summed E-state index contributed by atoms with van der Waals surface area (Å²) in [6.07, 6.45) is -1.86. The van der Waals surface area contributed by atoms with E-state index in [0.717, 1.165) is 25.0 Å². The van der Waals surface area contributed by atoms with Crippen LogP contribution < -0.4 is 5.32 Å². The van der Waals surface area contributed by atoms with Crippen molar-refractivity contribution in [2.75, 3.05) is 18.4 Å². The van der Waals surface area contributed by atoms with Gasteiger partial charge in [0.2, 0.25) is 0 Å². The molecule has 7 heteroatoms. The van der Waals surface area contributed by atoms with Crippen LogP contribution in [0.3, 0.4) is 0 Å². The topological polar surface area (TPSA) is 32.3 Å². The molecule has 1 fully saturated rings. The first-order chi connectivity index (χ1) is 13.8. The number of amides is 2. The van der Waals surface area contributed by atoms with E-state index in [9.17, 15) is 18.0 Å². The van der Waals surface area contributed by atoms with E-state index < -0.39 is 23.4 Å². The van der Waals surface area contributed by atoms with Crippen molar-refractivity contribution in [3.8, 4) is 0 Å². The standard InChI is InChI=1S/C22H24F4N2O/c23-21(12-4-7-17-5-2-1-3-6-17)13-15-28(16-14-21)20(29)27-19-10-8-18(9-11-19)22(24,25)26/h1-3,5-6,8-11H,4,7,12-16H2,(H,27,29). The molecule has 0 spiro atoms. The van der Waals surface area contributed by atoms with E-state index in [-0.39, 0.29) is 31.6 Å². The minimum atomic E-state index is -4.42. The summed E-state index contributed by atoms with van der Waals surface area (Å²) in [6.45, 7) is 0.572. The van der Waals surface area contributed by atoms with Crippen LogP contribution in [0.5, 0.6) is 0 Å². The SMILES string of the molecule is O=C(Nc1ccc(C(F)(F)F)cc1)N1CCC(F)(CCCc2ccccc2)CC1. The van der Waals surface area contributed by atoms with Crippen LogP contribution in [0, 0.1) is 0 Å². The lowest BCUT2D eigenvalue weighted by molar-refractivity contribution is -0.137. The summed E-state index contributed by atoms with van der Waals surface area (Å²) >= 11 is 0. The fourth-order valence-electron chi connectivity index (χ4n) is 3.56. The van der Waals surface area contributed by atoms with Gasteiger partial charge in [0.05, 0.1) is 5.56 Å². The monoisotopic (exact) mass is 408 g/mol. The van der Waals surface area contributed by atoms with Crippen molar-refractivity contribution in [3.05, 3.63) is 65.7 Å². The average Bonchev–Trinajstić information content (AvgIpc) is 2.69. The molecule has 0 atom stereocenters. The molecule has 2 aromatic rings. The number of nitrogens with one attached hydrogen (secondary N) is 1. The van der Waals surface area contributed by atoms with Crippen LogP contribution in [0.25, 0.3) is 0 Å². The van der Waals surface area contributed by atoms with Gasteiger partial charge in [0, 0.05) is 18.8 Å². The van der Waals surface area contributed by atoms with Crippen LogP contribution in [0.1, 0.15) is 36.8 Å². The number of carbonyl (C=O) groups is 1. The van der Waals surface area contributed by atoms with Crippen molar-refractivity contribution >= 4 is 11.7 Å². The molecule has 1 heterocycles. The van der Waals surface area contributed by atoms with Gasteiger partial charge in [-0.3, -0.25) is 0 Å². The van der Waals surface area contributed by atoms with Gasteiger partial charge < -0.3 is 10.2 Å². The maximum atomic E-state index is 15.0. The fourth-order valence-corrected chi connectivity index (χ4v) is 3.56. The average molecular weight is 408 g/mol. The summed E-state index contributed by atoms with van der Waals surface area (Å²) in [7, 11) is 0. The summed E-state index contributed by atoms with van der Waals surface area (Å²) in [5, 5.41) is 2.58. The van der Waals surface area contributed by atoms with Gasteiger partial charge in [0.25, 0.3) is 0 Å². The predicted octanol–water partition coefficient (Wildman–Crippen LogP) is 6.06. The van der Waals surface area contributed by atoms with E-state index in [2.05, 4.69) is 5.32 Å². The zero-order chi connectivity index (χ0) is 20.9. The molecule has 2 amide bonds. The largest absolute Gasteiger partial charge is 0.416 e. The zero-order valence-corrected chi connectivity index (χ0v) is 16.0. The lowest BCUT2D eigenvalue weighted by Gasteiger charge is -2.36. The van der Waals surface area contributed by atoms with Gasteiger partial charge in [-0.1, -0.05) is 30.3 Å². The van der Waals surface area contributed by atoms with Crippen molar-refractivity contribution in [2.24, 2.45) is 0 Å². The Kier molecular flexibility index (Phi) is 6.45. The highest BCUT2D eigenvalue weighted by atomic mass is 19.4. The van der Waals surface area contributed by atoms with Crippen LogP contribution in [-0.4, -0.2) is 29.7 Å². The van der Waals surface area contributed by atoms with Crippen LogP contribution in [0.15, 0.2) is 54.6 Å². The number of anilines is 1. The summed E-state index contributed by atoms with van der Waals surface area (Å²) in [5.74, 6) is 0. The number of likely N-dealkylation sites (tertiary alicyclic amines) is 1. The molecule has 2 aromatic carbocycles. The number of halogens is 4. The predicted molar refractivity (Wildman–Crippen MR) is 104 cm³/mol. The Balaban J connectivity index is 1.45. The number of rotatable bonds is 5. The molecule has 0 aromatic heterocycles. The minimum Gasteiger partial charge on any atom is -0.324 e. The maximum Gasteiger partial charge on any atom is 0.416 e. The van der Waals surface area contributed by atoms with Crippen LogP contribution in [0.2, 0.25) is 0 Å². The number of hydrogen-bond donors (Lipinski definition) is 1. The number of aryl methyl sites for hydroxylation is 1. The molecule has 1 saturated heterocycles. The molecule has 1 aliphatic heterocycles. The number of carbonyl (C=O) groups excluding carboxylic acids is 1. The second-order valence-electron chi connectivity index (χ2n) is 7.48. The van der Waals surface area contributed by atoms with Crippen LogP contribution >= 0.6 is 0 Å². The normalized spacial score (nSPS) is 16.5. The molecule has 1 aliphatic rings. The quantitative estimate of drug-likeness (QED) is 0.599. The molecule has 0 unspecified atom stereocenters. The molecular weight excluding hydrogens is 384 g/mol. The molecule has 0 aliphatic carbocycles. The van der Waals surface area contributed by atoms with Crippen molar-refractivity contribution in [1.82, 2.24) is 4.90 Å². The van der Waals surface area contributed by atoms with E-state index >= 15 is 4.39 Å². The first-order valence-corrected chi connectivity index (χ1v) is 9.71. The van der Waals surface area contributed by atoms with Crippen LogP contribution in [-0.2, 0) is 12.6 Å². The smallest absolute Gasteiger partial charge is 0.324 e. The third kappa shape index (κ3) is 5.95. The molecule has 3 nitrogen and oxygen atoms in total. The Labute approximate surface area is 167 Å². The number of nitrogens with zero attached hydrogens (tertiary/aromatic N) is 1. The van der Waals surface area contributed by atoms with Gasteiger partial charge in [-0.05, 0) is 61.9 Å². The minimum absolute atomic E-state index is 0.266. The molecule has 3 rings (SSSR count). The Morgan fingerprint density at radius 3 is 2.21 bits per heavy atom. The van der Waals surface area contributed by atoms with Crippen molar-refractivity contribution < 1.29 is 22.4 Å². The maximum absolute atomic E-state index is 15.0. The summed E-state index contributed by atoms with van der Waals surface area (Å²) < 4.78 is 52.8. The summed E-state index contributed by atoms with van der Waals surface area (Å²) in [6, 6.07) is 13.8. The Morgan fingerprint density at radius 2 is 1.62 bits per heavy atom. The molecular formula is C22H24F4N2O. The molecule has 156 valence electrons. The molecule has 0 bridgehead atoms. The van der Waals surface area contributed by atoms with Crippen molar-refractivity contribution in [3.63, 3.8) is 0 Å². The van der Waals surface area contributed by atoms with Crippen molar-refractivity contribution in [1.29, 1.82) is 0 Å². The lowest BCUT2D eigenvalue weighted by Crippen LogP contribution is -2.46.